The van der Waals surface area contributed by atoms with Gasteiger partial charge in [0.15, 0.2) is 0 Å². The molecule has 6 heteroatoms. The molecule has 1 aromatic rings. The molecule has 1 spiro atoms. The van der Waals surface area contributed by atoms with E-state index in [-0.39, 0.29) is 17.4 Å². The third-order valence-corrected chi connectivity index (χ3v) is 6.61. The van der Waals surface area contributed by atoms with Crippen LogP contribution in [0.3, 0.4) is 0 Å². The van der Waals surface area contributed by atoms with Crippen molar-refractivity contribution in [1.29, 1.82) is 0 Å². The number of hydrogen-bond acceptors (Lipinski definition) is 4. The van der Waals surface area contributed by atoms with Crippen molar-refractivity contribution in [2.75, 3.05) is 13.1 Å². The monoisotopic (exact) mass is 406 g/mol. The Hall–Kier alpha value is -1.62. The number of nitrogens with zero attached hydrogens (tertiary/aromatic N) is 2. The molecule has 1 amide bonds. The zero-order valence-electron chi connectivity index (χ0n) is 17.8. The van der Waals surface area contributed by atoms with E-state index in [9.17, 15) is 9.59 Å². The summed E-state index contributed by atoms with van der Waals surface area (Å²) in [5.41, 5.74) is 1.88. The van der Waals surface area contributed by atoms with Crippen molar-refractivity contribution in [1.82, 2.24) is 9.88 Å². The standard InChI is InChI=1S/C22H31ClN2O3/c1-14-17(23)11-15-16(21(5,6)13-26)12-22(18(15)24-14)7-9-25(10-8-22)19(27)28-20(2,3)4/h11,13,16H,7-10,12H2,1-6H3. The van der Waals surface area contributed by atoms with E-state index in [4.69, 9.17) is 21.3 Å². The molecule has 1 atom stereocenters. The lowest BCUT2D eigenvalue weighted by molar-refractivity contribution is -0.115. The third kappa shape index (κ3) is 3.78. The predicted octanol–water partition coefficient (Wildman–Crippen LogP) is 5.02. The van der Waals surface area contributed by atoms with Gasteiger partial charge in [-0.05, 0) is 64.5 Å². The van der Waals surface area contributed by atoms with Gasteiger partial charge in [-0.25, -0.2) is 4.79 Å². The quantitative estimate of drug-likeness (QED) is 0.646. The first-order chi connectivity index (χ1) is 12.9. The van der Waals surface area contributed by atoms with Gasteiger partial charge in [0.05, 0.1) is 16.4 Å². The van der Waals surface area contributed by atoms with Crippen LogP contribution in [-0.2, 0) is 14.9 Å². The highest BCUT2D eigenvalue weighted by molar-refractivity contribution is 6.31. The molecule has 0 N–H and O–H groups in total. The summed E-state index contributed by atoms with van der Waals surface area (Å²) in [6, 6.07) is 2.00. The van der Waals surface area contributed by atoms with Gasteiger partial charge in [-0.1, -0.05) is 25.4 Å². The molecular weight excluding hydrogens is 376 g/mol. The molecule has 2 aliphatic rings. The van der Waals surface area contributed by atoms with Gasteiger partial charge < -0.3 is 14.4 Å². The minimum absolute atomic E-state index is 0.0821. The van der Waals surface area contributed by atoms with Crippen LogP contribution >= 0.6 is 11.6 Å². The summed E-state index contributed by atoms with van der Waals surface area (Å²) in [5.74, 6) is 0.0821. The fourth-order valence-corrected chi connectivity index (χ4v) is 4.67. The molecule has 1 unspecified atom stereocenters. The molecule has 0 aromatic carbocycles. The summed E-state index contributed by atoms with van der Waals surface area (Å²) in [7, 11) is 0. The number of aromatic nitrogens is 1. The van der Waals surface area contributed by atoms with Gasteiger partial charge >= 0.3 is 6.09 Å². The molecule has 0 saturated carbocycles. The van der Waals surface area contributed by atoms with E-state index in [1.807, 2.05) is 47.6 Å². The SMILES string of the molecule is Cc1nc2c(cc1Cl)C(C(C)(C)C=O)CC21CCN(C(=O)OC(C)(C)C)CC1. The smallest absolute Gasteiger partial charge is 0.410 e. The first-order valence-electron chi connectivity index (χ1n) is 10.0. The first-order valence-corrected chi connectivity index (χ1v) is 10.4. The Morgan fingerprint density at radius 2 is 1.89 bits per heavy atom. The summed E-state index contributed by atoms with van der Waals surface area (Å²) in [5, 5.41) is 0.647. The van der Waals surface area contributed by atoms with E-state index in [0.29, 0.717) is 18.1 Å². The Balaban J connectivity index is 1.89. The highest BCUT2D eigenvalue weighted by Gasteiger charge is 2.51. The predicted molar refractivity (Wildman–Crippen MR) is 110 cm³/mol. The first kappa shape index (κ1) is 21.1. The van der Waals surface area contributed by atoms with Crippen molar-refractivity contribution in [2.45, 2.75) is 77.7 Å². The molecule has 0 radical (unpaired) electrons. The van der Waals surface area contributed by atoms with E-state index in [1.54, 1.807) is 4.90 Å². The van der Waals surface area contributed by atoms with Crippen LogP contribution in [-0.4, -0.2) is 41.0 Å². The number of aldehydes is 1. The van der Waals surface area contributed by atoms with Gasteiger partial charge in [0.25, 0.3) is 0 Å². The fraction of sp³-hybridized carbons (Fsp3) is 0.682. The zero-order chi connectivity index (χ0) is 20.9. The molecule has 3 rings (SSSR count). The third-order valence-electron chi connectivity index (χ3n) is 6.23. The van der Waals surface area contributed by atoms with Crippen molar-refractivity contribution in [3.63, 3.8) is 0 Å². The molecule has 28 heavy (non-hydrogen) atoms. The number of piperidine rings is 1. The maximum Gasteiger partial charge on any atom is 0.410 e. The van der Waals surface area contributed by atoms with E-state index >= 15 is 0 Å². The number of ether oxygens (including phenoxy) is 1. The largest absolute Gasteiger partial charge is 0.444 e. The summed E-state index contributed by atoms with van der Waals surface area (Å²) in [4.78, 5) is 30.9. The molecular formula is C22H31ClN2O3. The lowest BCUT2D eigenvalue weighted by atomic mass is 9.71. The molecule has 2 heterocycles. The molecule has 1 fully saturated rings. The van der Waals surface area contributed by atoms with Crippen molar-refractivity contribution >= 4 is 24.0 Å². The number of fused-ring (bicyclic) bond motifs is 2. The van der Waals surface area contributed by atoms with Crippen molar-refractivity contribution in [2.24, 2.45) is 5.41 Å². The number of hydrogen-bond donors (Lipinski definition) is 0. The minimum Gasteiger partial charge on any atom is -0.444 e. The second kappa shape index (κ2) is 7.01. The minimum atomic E-state index is -0.499. The summed E-state index contributed by atoms with van der Waals surface area (Å²) in [6.45, 7) is 12.8. The molecule has 0 bridgehead atoms. The average Bonchev–Trinajstić information content (AvgIpc) is 2.89. The number of pyridine rings is 1. The maximum atomic E-state index is 12.5. The Morgan fingerprint density at radius 3 is 2.43 bits per heavy atom. The average molecular weight is 407 g/mol. The normalized spacial score (nSPS) is 21.5. The molecule has 1 aliphatic carbocycles. The maximum absolute atomic E-state index is 12.5. The summed E-state index contributed by atoms with van der Waals surface area (Å²) >= 11 is 6.38. The number of halogens is 1. The number of carbonyl (C=O) groups excluding carboxylic acids is 2. The fourth-order valence-electron chi connectivity index (χ4n) is 4.51. The van der Waals surface area contributed by atoms with Gasteiger partial charge in [0, 0.05) is 23.9 Å². The Morgan fingerprint density at radius 1 is 1.29 bits per heavy atom. The topological polar surface area (TPSA) is 59.5 Å². The number of rotatable bonds is 2. The number of aryl methyl sites for hydroxylation is 1. The van der Waals surface area contributed by atoms with Crippen molar-refractivity contribution < 1.29 is 14.3 Å². The van der Waals surface area contributed by atoms with Crippen LogP contribution in [0.25, 0.3) is 0 Å². The van der Waals surface area contributed by atoms with Crippen molar-refractivity contribution in [3.05, 3.63) is 28.0 Å². The summed E-state index contributed by atoms with van der Waals surface area (Å²) in [6.07, 6.45) is 3.29. The van der Waals surface area contributed by atoms with E-state index < -0.39 is 11.0 Å². The Bertz CT molecular complexity index is 790. The highest BCUT2D eigenvalue weighted by Crippen LogP contribution is 2.56. The Labute approximate surface area is 172 Å². The zero-order valence-corrected chi connectivity index (χ0v) is 18.5. The lowest BCUT2D eigenvalue weighted by Crippen LogP contribution is -2.46. The number of carbonyl (C=O) groups is 2. The van der Waals surface area contributed by atoms with Crippen LogP contribution in [0.1, 0.15) is 76.8 Å². The van der Waals surface area contributed by atoms with Crippen LogP contribution < -0.4 is 0 Å². The van der Waals surface area contributed by atoms with Gasteiger partial charge in [0.2, 0.25) is 0 Å². The molecule has 1 aliphatic heterocycles. The number of likely N-dealkylation sites (tertiary alicyclic amines) is 1. The second-order valence-electron chi connectivity index (χ2n) is 9.94. The lowest BCUT2D eigenvalue weighted by Gasteiger charge is -2.40. The molecule has 5 nitrogen and oxygen atoms in total. The highest BCUT2D eigenvalue weighted by atomic mass is 35.5. The van der Waals surface area contributed by atoms with E-state index in [1.165, 1.54) is 0 Å². The van der Waals surface area contributed by atoms with Gasteiger partial charge in [-0.15, -0.1) is 0 Å². The second-order valence-corrected chi connectivity index (χ2v) is 10.3. The number of amides is 1. The van der Waals surface area contributed by atoms with Crippen LogP contribution in [0.5, 0.6) is 0 Å². The van der Waals surface area contributed by atoms with Crippen LogP contribution in [0.2, 0.25) is 5.02 Å². The van der Waals surface area contributed by atoms with E-state index in [2.05, 4.69) is 0 Å². The van der Waals surface area contributed by atoms with Gasteiger partial charge in [-0.3, -0.25) is 4.98 Å². The van der Waals surface area contributed by atoms with Crippen LogP contribution in [0.15, 0.2) is 6.07 Å². The van der Waals surface area contributed by atoms with Crippen molar-refractivity contribution in [3.8, 4) is 0 Å². The van der Waals surface area contributed by atoms with Gasteiger partial charge in [0.1, 0.15) is 11.9 Å². The molecule has 1 aromatic heterocycles. The van der Waals surface area contributed by atoms with E-state index in [0.717, 1.165) is 42.5 Å². The van der Waals surface area contributed by atoms with Crippen LogP contribution in [0, 0.1) is 12.3 Å². The molecule has 1 saturated heterocycles. The Kier molecular flexibility index (Phi) is 5.28. The van der Waals surface area contributed by atoms with Gasteiger partial charge in [-0.2, -0.15) is 0 Å². The molecule has 154 valence electrons. The summed E-state index contributed by atoms with van der Waals surface area (Å²) < 4.78 is 5.53. The van der Waals surface area contributed by atoms with Crippen LogP contribution in [0.4, 0.5) is 4.79 Å².